The standard InChI is InChI=1S/C18H18O5/c1-10-15-14(9-8-13(19)16(15)18(20)22-3)23-17(10)11-4-6-12(21-2)7-5-11/h4-10,17,19H,1-3H3. The van der Waals surface area contributed by atoms with E-state index in [0.717, 1.165) is 11.3 Å². The Labute approximate surface area is 134 Å². The minimum Gasteiger partial charge on any atom is -0.507 e. The maximum Gasteiger partial charge on any atom is 0.342 e. The quantitative estimate of drug-likeness (QED) is 0.879. The van der Waals surface area contributed by atoms with Gasteiger partial charge in [-0.15, -0.1) is 0 Å². The van der Waals surface area contributed by atoms with Crippen molar-refractivity contribution in [1.82, 2.24) is 0 Å². The second-order valence-electron chi connectivity index (χ2n) is 5.46. The van der Waals surface area contributed by atoms with Crippen molar-refractivity contribution in [2.75, 3.05) is 14.2 Å². The number of methoxy groups -OCH3 is 2. The highest BCUT2D eigenvalue weighted by Crippen LogP contribution is 2.49. The van der Waals surface area contributed by atoms with Crippen LogP contribution in [0.1, 0.15) is 40.4 Å². The number of carbonyl (C=O) groups excluding carboxylic acids is 1. The Morgan fingerprint density at radius 2 is 1.83 bits per heavy atom. The van der Waals surface area contributed by atoms with Crippen LogP contribution in [0.2, 0.25) is 0 Å². The number of hydrogen-bond acceptors (Lipinski definition) is 5. The summed E-state index contributed by atoms with van der Waals surface area (Å²) in [7, 11) is 2.91. The largest absolute Gasteiger partial charge is 0.507 e. The van der Waals surface area contributed by atoms with Gasteiger partial charge < -0.3 is 19.3 Å². The Kier molecular flexibility index (Phi) is 3.86. The van der Waals surface area contributed by atoms with Gasteiger partial charge in [0, 0.05) is 11.5 Å². The second kappa shape index (κ2) is 5.83. The van der Waals surface area contributed by atoms with E-state index in [9.17, 15) is 9.90 Å². The molecular weight excluding hydrogens is 296 g/mol. The molecule has 1 aliphatic heterocycles. The summed E-state index contributed by atoms with van der Waals surface area (Å²) in [6, 6.07) is 10.7. The lowest BCUT2D eigenvalue weighted by molar-refractivity contribution is 0.0596. The first-order valence-electron chi connectivity index (χ1n) is 7.31. The Bertz CT molecular complexity index is 736. The van der Waals surface area contributed by atoms with Gasteiger partial charge in [-0.25, -0.2) is 4.79 Å². The zero-order valence-electron chi connectivity index (χ0n) is 13.2. The first kappa shape index (κ1) is 15.2. The van der Waals surface area contributed by atoms with Gasteiger partial charge in [0.15, 0.2) is 0 Å². The maximum absolute atomic E-state index is 12.0. The van der Waals surface area contributed by atoms with Gasteiger partial charge in [-0.1, -0.05) is 19.1 Å². The highest BCUT2D eigenvalue weighted by molar-refractivity contribution is 5.95. The van der Waals surface area contributed by atoms with Gasteiger partial charge in [0.2, 0.25) is 0 Å². The predicted octanol–water partition coefficient (Wildman–Crippen LogP) is 3.42. The summed E-state index contributed by atoms with van der Waals surface area (Å²) in [5, 5.41) is 10.0. The average molecular weight is 314 g/mol. The number of ether oxygens (including phenoxy) is 3. The number of phenolic OH excluding ortho intramolecular Hbond substituents is 1. The molecule has 5 nitrogen and oxygen atoms in total. The number of phenols is 1. The average Bonchev–Trinajstić information content (AvgIpc) is 2.91. The molecule has 1 heterocycles. The van der Waals surface area contributed by atoms with Crippen molar-refractivity contribution in [3.63, 3.8) is 0 Å². The predicted molar refractivity (Wildman–Crippen MR) is 84.2 cm³/mol. The van der Waals surface area contributed by atoms with Crippen molar-refractivity contribution >= 4 is 5.97 Å². The Balaban J connectivity index is 2.01. The molecule has 2 aromatic rings. The van der Waals surface area contributed by atoms with E-state index in [2.05, 4.69) is 0 Å². The molecule has 0 aromatic heterocycles. The van der Waals surface area contributed by atoms with Crippen LogP contribution in [0.25, 0.3) is 0 Å². The van der Waals surface area contributed by atoms with Crippen molar-refractivity contribution in [2.45, 2.75) is 18.9 Å². The second-order valence-corrected chi connectivity index (χ2v) is 5.46. The van der Waals surface area contributed by atoms with Crippen LogP contribution in [0, 0.1) is 0 Å². The molecule has 0 fully saturated rings. The molecule has 0 aliphatic carbocycles. The lowest BCUT2D eigenvalue weighted by atomic mass is 9.89. The number of benzene rings is 2. The first-order chi connectivity index (χ1) is 11.1. The lowest BCUT2D eigenvalue weighted by Gasteiger charge is -2.16. The van der Waals surface area contributed by atoms with Crippen molar-refractivity contribution in [3.05, 3.63) is 53.1 Å². The molecule has 2 atom stereocenters. The molecule has 0 bridgehead atoms. The third kappa shape index (κ3) is 2.48. The Morgan fingerprint density at radius 3 is 2.43 bits per heavy atom. The van der Waals surface area contributed by atoms with Gasteiger partial charge in [-0.2, -0.15) is 0 Å². The van der Waals surface area contributed by atoms with Gasteiger partial charge in [0.05, 0.1) is 14.2 Å². The SMILES string of the molecule is COC(=O)c1c(O)ccc2c1C(C)C(c1ccc(OC)cc1)O2. The number of aromatic hydroxyl groups is 1. The third-order valence-electron chi connectivity index (χ3n) is 4.18. The van der Waals surface area contributed by atoms with Crippen LogP contribution in [0.15, 0.2) is 36.4 Å². The van der Waals surface area contributed by atoms with E-state index in [1.807, 2.05) is 31.2 Å². The molecule has 0 saturated carbocycles. The smallest absolute Gasteiger partial charge is 0.342 e. The van der Waals surface area contributed by atoms with Crippen molar-refractivity contribution in [1.29, 1.82) is 0 Å². The van der Waals surface area contributed by atoms with Gasteiger partial charge >= 0.3 is 5.97 Å². The van der Waals surface area contributed by atoms with Crippen LogP contribution in [0.3, 0.4) is 0 Å². The molecule has 0 radical (unpaired) electrons. The number of hydrogen-bond donors (Lipinski definition) is 1. The van der Waals surface area contributed by atoms with E-state index >= 15 is 0 Å². The van der Waals surface area contributed by atoms with Crippen molar-refractivity contribution in [2.24, 2.45) is 0 Å². The summed E-state index contributed by atoms with van der Waals surface area (Å²) in [5.41, 5.74) is 1.83. The molecule has 3 rings (SSSR count). The maximum atomic E-state index is 12.0. The number of rotatable bonds is 3. The van der Waals surface area contributed by atoms with Crippen LogP contribution in [-0.4, -0.2) is 25.3 Å². The molecule has 0 saturated heterocycles. The molecular formula is C18H18O5. The minimum atomic E-state index is -0.565. The van der Waals surface area contributed by atoms with Gasteiger partial charge in [-0.3, -0.25) is 0 Å². The lowest BCUT2D eigenvalue weighted by Crippen LogP contribution is -2.10. The third-order valence-corrected chi connectivity index (χ3v) is 4.18. The molecule has 2 aromatic carbocycles. The molecule has 1 N–H and O–H groups in total. The number of carbonyl (C=O) groups is 1. The van der Waals surface area contributed by atoms with Crippen LogP contribution in [-0.2, 0) is 4.74 Å². The molecule has 0 amide bonds. The van der Waals surface area contributed by atoms with Gasteiger partial charge in [-0.05, 0) is 29.8 Å². The number of esters is 1. The van der Waals surface area contributed by atoms with E-state index in [0.29, 0.717) is 11.3 Å². The van der Waals surface area contributed by atoms with E-state index in [1.54, 1.807) is 13.2 Å². The minimum absolute atomic E-state index is 0.0959. The molecule has 23 heavy (non-hydrogen) atoms. The van der Waals surface area contributed by atoms with Crippen molar-refractivity contribution < 1.29 is 24.1 Å². The first-order valence-corrected chi connectivity index (χ1v) is 7.31. The summed E-state index contributed by atoms with van der Waals surface area (Å²) in [4.78, 5) is 12.0. The highest BCUT2D eigenvalue weighted by atomic mass is 16.5. The molecule has 5 heteroatoms. The normalized spacial score (nSPS) is 18.9. The van der Waals surface area contributed by atoms with E-state index < -0.39 is 5.97 Å². The molecule has 120 valence electrons. The topological polar surface area (TPSA) is 65.0 Å². The molecule has 2 unspecified atom stereocenters. The summed E-state index contributed by atoms with van der Waals surface area (Å²) in [6.45, 7) is 1.96. The molecule has 1 aliphatic rings. The number of fused-ring (bicyclic) bond motifs is 1. The summed E-state index contributed by atoms with van der Waals surface area (Å²) in [6.07, 6.45) is -0.235. The van der Waals surface area contributed by atoms with E-state index in [1.165, 1.54) is 13.2 Å². The Hall–Kier alpha value is -2.69. The highest BCUT2D eigenvalue weighted by Gasteiger charge is 2.37. The van der Waals surface area contributed by atoms with E-state index in [4.69, 9.17) is 14.2 Å². The van der Waals surface area contributed by atoms with Gasteiger partial charge in [0.1, 0.15) is 28.9 Å². The zero-order chi connectivity index (χ0) is 16.6. The zero-order valence-corrected chi connectivity index (χ0v) is 13.2. The van der Waals surface area contributed by atoms with Gasteiger partial charge in [0.25, 0.3) is 0 Å². The van der Waals surface area contributed by atoms with Crippen LogP contribution >= 0.6 is 0 Å². The monoisotopic (exact) mass is 314 g/mol. The Morgan fingerprint density at radius 1 is 1.13 bits per heavy atom. The fraction of sp³-hybridized carbons (Fsp3) is 0.278. The van der Waals surface area contributed by atoms with E-state index in [-0.39, 0.29) is 23.3 Å². The van der Waals surface area contributed by atoms with Crippen LogP contribution in [0.4, 0.5) is 0 Å². The summed E-state index contributed by atoms with van der Waals surface area (Å²) in [5.74, 6) is 0.604. The fourth-order valence-electron chi connectivity index (χ4n) is 3.00. The van der Waals surface area contributed by atoms with Crippen molar-refractivity contribution in [3.8, 4) is 17.2 Å². The molecule has 0 spiro atoms. The fourth-order valence-corrected chi connectivity index (χ4v) is 3.00. The van der Waals surface area contributed by atoms with Crippen LogP contribution in [0.5, 0.6) is 17.2 Å². The summed E-state index contributed by atoms with van der Waals surface area (Å²) < 4.78 is 16.0. The summed E-state index contributed by atoms with van der Waals surface area (Å²) >= 11 is 0. The van der Waals surface area contributed by atoms with Crippen LogP contribution < -0.4 is 9.47 Å².